The molecule has 0 radical (unpaired) electrons. The molecular weight excluding hydrogens is 310 g/mol. The molecule has 7 heteroatoms. The highest BCUT2D eigenvalue weighted by Gasteiger charge is 2.22. The molecular formula is C11H9BrF2N2O2. The van der Waals surface area contributed by atoms with Gasteiger partial charge in [-0.25, -0.2) is 8.78 Å². The Bertz CT molecular complexity index is 501. The molecule has 0 aromatic carbocycles. The second kappa shape index (κ2) is 6.40. The Hall–Kier alpha value is -1.55. The molecule has 1 rings (SSSR count). The van der Waals surface area contributed by atoms with E-state index >= 15 is 0 Å². The summed E-state index contributed by atoms with van der Waals surface area (Å²) in [6.45, 7) is 0. The van der Waals surface area contributed by atoms with E-state index in [0.29, 0.717) is 0 Å². The monoisotopic (exact) mass is 318 g/mol. The molecule has 0 atom stereocenters. The van der Waals surface area contributed by atoms with Crippen molar-refractivity contribution in [2.45, 2.75) is 18.2 Å². The predicted molar refractivity (Wildman–Crippen MR) is 62.3 cm³/mol. The van der Waals surface area contributed by atoms with Crippen LogP contribution in [-0.4, -0.2) is 18.1 Å². The van der Waals surface area contributed by atoms with E-state index in [1.807, 2.05) is 0 Å². The SMILES string of the molecule is COC(=O)Cc1ncc(C#N)c(C(F)F)c1CBr. The third kappa shape index (κ3) is 3.01. The maximum atomic E-state index is 12.9. The molecule has 4 nitrogen and oxygen atoms in total. The lowest BCUT2D eigenvalue weighted by Gasteiger charge is -2.12. The second-order valence-electron chi connectivity index (χ2n) is 3.31. The second-order valence-corrected chi connectivity index (χ2v) is 3.87. The minimum Gasteiger partial charge on any atom is -0.469 e. The Morgan fingerprint density at radius 2 is 2.33 bits per heavy atom. The van der Waals surface area contributed by atoms with E-state index in [1.165, 1.54) is 7.11 Å². The van der Waals surface area contributed by atoms with Crippen molar-refractivity contribution in [3.63, 3.8) is 0 Å². The predicted octanol–water partition coefficient (Wildman–Crippen LogP) is 2.50. The molecule has 1 aromatic rings. The molecule has 0 N–H and O–H groups in total. The van der Waals surface area contributed by atoms with Gasteiger partial charge in [-0.05, 0) is 5.56 Å². The van der Waals surface area contributed by atoms with Gasteiger partial charge in [0.15, 0.2) is 0 Å². The van der Waals surface area contributed by atoms with Crippen molar-refractivity contribution in [3.05, 3.63) is 28.6 Å². The molecule has 0 saturated heterocycles. The number of alkyl halides is 3. The van der Waals surface area contributed by atoms with Crippen molar-refractivity contribution in [1.82, 2.24) is 4.98 Å². The summed E-state index contributed by atoms with van der Waals surface area (Å²) < 4.78 is 30.4. The Kier molecular flexibility index (Phi) is 5.16. The first-order valence-corrected chi connectivity index (χ1v) is 5.99. The van der Waals surface area contributed by atoms with Crippen molar-refractivity contribution in [1.29, 1.82) is 5.26 Å². The molecule has 0 fully saturated rings. The first kappa shape index (κ1) is 14.5. The fourth-order valence-corrected chi connectivity index (χ4v) is 2.08. The van der Waals surface area contributed by atoms with Gasteiger partial charge in [0.2, 0.25) is 0 Å². The van der Waals surface area contributed by atoms with Crippen LogP contribution in [0.2, 0.25) is 0 Å². The van der Waals surface area contributed by atoms with E-state index < -0.39 is 12.4 Å². The van der Waals surface area contributed by atoms with Gasteiger partial charge in [-0.15, -0.1) is 0 Å². The molecule has 0 amide bonds. The maximum absolute atomic E-state index is 12.9. The van der Waals surface area contributed by atoms with Gasteiger partial charge in [-0.2, -0.15) is 5.26 Å². The van der Waals surface area contributed by atoms with Gasteiger partial charge in [-0.3, -0.25) is 9.78 Å². The Morgan fingerprint density at radius 1 is 1.67 bits per heavy atom. The lowest BCUT2D eigenvalue weighted by molar-refractivity contribution is -0.139. The molecule has 0 aliphatic rings. The zero-order valence-corrected chi connectivity index (χ0v) is 11.0. The number of hydrogen-bond acceptors (Lipinski definition) is 4. The van der Waals surface area contributed by atoms with E-state index in [9.17, 15) is 13.6 Å². The third-order valence-corrected chi connectivity index (χ3v) is 2.89. The number of carbonyl (C=O) groups excluding carboxylic acids is 1. The average molecular weight is 319 g/mol. The van der Waals surface area contributed by atoms with Crippen LogP contribution >= 0.6 is 15.9 Å². The lowest BCUT2D eigenvalue weighted by atomic mass is 10.0. The highest BCUT2D eigenvalue weighted by Crippen LogP contribution is 2.29. The van der Waals surface area contributed by atoms with Crippen LogP contribution in [0.15, 0.2) is 6.20 Å². The highest BCUT2D eigenvalue weighted by atomic mass is 79.9. The van der Waals surface area contributed by atoms with Crippen LogP contribution in [0.3, 0.4) is 0 Å². The molecule has 18 heavy (non-hydrogen) atoms. The maximum Gasteiger partial charge on any atom is 0.311 e. The minimum absolute atomic E-state index is 0.0848. The topological polar surface area (TPSA) is 63.0 Å². The van der Waals surface area contributed by atoms with Gasteiger partial charge in [0.1, 0.15) is 6.07 Å². The largest absolute Gasteiger partial charge is 0.469 e. The molecule has 0 aliphatic carbocycles. The van der Waals surface area contributed by atoms with Crippen molar-refractivity contribution in [2.24, 2.45) is 0 Å². The van der Waals surface area contributed by atoms with Crippen LogP contribution in [0.4, 0.5) is 8.78 Å². The van der Waals surface area contributed by atoms with Crippen LogP contribution in [0, 0.1) is 11.3 Å². The Morgan fingerprint density at radius 3 is 2.78 bits per heavy atom. The summed E-state index contributed by atoms with van der Waals surface area (Å²) in [5.41, 5.74) is -0.223. The molecule has 0 unspecified atom stereocenters. The van der Waals surface area contributed by atoms with E-state index in [4.69, 9.17) is 5.26 Å². The van der Waals surface area contributed by atoms with Crippen molar-refractivity contribution < 1.29 is 18.3 Å². The number of aromatic nitrogens is 1. The van der Waals surface area contributed by atoms with Gasteiger partial charge in [0.05, 0.1) is 24.8 Å². The molecule has 1 aromatic heterocycles. The number of halogens is 3. The van der Waals surface area contributed by atoms with Crippen LogP contribution < -0.4 is 0 Å². The highest BCUT2D eigenvalue weighted by molar-refractivity contribution is 9.08. The molecule has 0 saturated carbocycles. The van der Waals surface area contributed by atoms with Gasteiger partial charge in [0, 0.05) is 17.1 Å². The van der Waals surface area contributed by atoms with Crippen LogP contribution in [0.5, 0.6) is 0 Å². The summed E-state index contributed by atoms with van der Waals surface area (Å²) in [6.07, 6.45) is -1.96. The van der Waals surface area contributed by atoms with Crippen molar-refractivity contribution in [2.75, 3.05) is 7.11 Å². The lowest BCUT2D eigenvalue weighted by Crippen LogP contribution is -2.11. The molecule has 0 bridgehead atoms. The summed E-state index contributed by atoms with van der Waals surface area (Å²) in [6, 6.07) is 1.67. The zero-order chi connectivity index (χ0) is 13.7. The third-order valence-electron chi connectivity index (χ3n) is 2.32. The van der Waals surface area contributed by atoms with Crippen molar-refractivity contribution >= 4 is 21.9 Å². The molecule has 0 aliphatic heterocycles. The van der Waals surface area contributed by atoms with Crippen LogP contribution in [-0.2, 0) is 21.3 Å². The standard InChI is InChI=1S/C11H9BrF2N2O2/c1-18-9(17)2-8-7(3-12)10(11(13)14)6(4-15)5-16-8/h5,11H,2-3H2,1H3. The van der Waals surface area contributed by atoms with Crippen LogP contribution in [0.25, 0.3) is 0 Å². The van der Waals surface area contributed by atoms with Gasteiger partial charge in [-0.1, -0.05) is 15.9 Å². The molecule has 1 heterocycles. The number of pyridine rings is 1. The Balaban J connectivity index is 3.34. The summed E-state index contributed by atoms with van der Waals surface area (Å²) in [4.78, 5) is 15.0. The molecule has 96 valence electrons. The minimum atomic E-state index is -2.80. The first-order chi connectivity index (χ1) is 8.54. The van der Waals surface area contributed by atoms with E-state index in [-0.39, 0.29) is 34.1 Å². The number of carbonyl (C=O) groups is 1. The number of esters is 1. The van der Waals surface area contributed by atoms with E-state index in [1.54, 1.807) is 6.07 Å². The van der Waals surface area contributed by atoms with E-state index in [0.717, 1.165) is 6.20 Å². The van der Waals surface area contributed by atoms with E-state index in [2.05, 4.69) is 25.7 Å². The summed E-state index contributed by atoms with van der Waals surface area (Å²) in [5.74, 6) is -0.574. The number of nitrogens with zero attached hydrogens (tertiary/aromatic N) is 2. The summed E-state index contributed by atoms with van der Waals surface area (Å²) in [7, 11) is 1.20. The summed E-state index contributed by atoms with van der Waals surface area (Å²) >= 11 is 3.07. The van der Waals surface area contributed by atoms with Gasteiger partial charge in [0.25, 0.3) is 6.43 Å². The number of rotatable bonds is 4. The number of ether oxygens (including phenoxy) is 1. The zero-order valence-electron chi connectivity index (χ0n) is 9.41. The smallest absolute Gasteiger partial charge is 0.311 e. The Labute approximate surface area is 111 Å². The van der Waals surface area contributed by atoms with Crippen molar-refractivity contribution in [3.8, 4) is 6.07 Å². The quantitative estimate of drug-likeness (QED) is 0.632. The fraction of sp³-hybridized carbons (Fsp3) is 0.364. The summed E-state index contributed by atoms with van der Waals surface area (Å²) in [5, 5.41) is 8.86. The number of hydrogen-bond donors (Lipinski definition) is 0. The first-order valence-electron chi connectivity index (χ1n) is 4.86. The van der Waals surface area contributed by atoms with Crippen LogP contribution in [0.1, 0.15) is 28.8 Å². The number of methoxy groups -OCH3 is 1. The number of nitriles is 1. The average Bonchev–Trinajstić information content (AvgIpc) is 2.37. The fourth-order valence-electron chi connectivity index (χ4n) is 1.46. The van der Waals surface area contributed by atoms with Gasteiger partial charge >= 0.3 is 5.97 Å². The molecule has 0 spiro atoms. The van der Waals surface area contributed by atoms with Gasteiger partial charge < -0.3 is 4.74 Å². The normalized spacial score (nSPS) is 10.2.